The molecule has 0 fully saturated rings. The van der Waals surface area contributed by atoms with Crippen LogP contribution in [0.3, 0.4) is 0 Å². The SMILES string of the molecule is Cc1cc(C)cc(N(C2=CCC(c3cc4cc(-c5cccc6ccccc56)c5ccccc5c4c4ccccc34)C=C2)c2ccccc2)c1. The summed E-state index contributed by atoms with van der Waals surface area (Å²) in [6.45, 7) is 4.36. The summed E-state index contributed by atoms with van der Waals surface area (Å²) in [4.78, 5) is 2.40. The van der Waals surface area contributed by atoms with Crippen LogP contribution >= 0.6 is 0 Å². The van der Waals surface area contributed by atoms with Crippen LogP contribution in [0.15, 0.2) is 176 Å². The van der Waals surface area contributed by atoms with Crippen LogP contribution in [0.4, 0.5) is 11.4 Å². The molecule has 0 amide bonds. The Morgan fingerprint density at radius 2 is 1.12 bits per heavy atom. The summed E-state index contributed by atoms with van der Waals surface area (Å²) in [7, 11) is 0. The molecule has 0 aliphatic heterocycles. The van der Waals surface area contributed by atoms with Gasteiger partial charge in [0.2, 0.25) is 0 Å². The van der Waals surface area contributed by atoms with Gasteiger partial charge in [-0.1, -0.05) is 127 Å². The number of anilines is 2. The first kappa shape index (κ1) is 29.2. The van der Waals surface area contributed by atoms with Crippen LogP contribution in [0.25, 0.3) is 54.2 Å². The molecule has 234 valence electrons. The lowest BCUT2D eigenvalue weighted by molar-refractivity contribution is 0.848. The van der Waals surface area contributed by atoms with Gasteiger partial charge in [-0.2, -0.15) is 0 Å². The molecule has 1 nitrogen and oxygen atoms in total. The van der Waals surface area contributed by atoms with Crippen molar-refractivity contribution >= 4 is 54.5 Å². The molecule has 0 heterocycles. The van der Waals surface area contributed by atoms with E-state index in [1.165, 1.54) is 88.0 Å². The molecule has 0 saturated carbocycles. The second kappa shape index (κ2) is 12.0. The van der Waals surface area contributed by atoms with E-state index >= 15 is 0 Å². The van der Waals surface area contributed by atoms with Crippen molar-refractivity contribution in [2.45, 2.75) is 26.2 Å². The molecule has 1 aliphatic rings. The molecule has 1 atom stereocenters. The Bertz CT molecular complexity index is 2580. The summed E-state index contributed by atoms with van der Waals surface area (Å²) >= 11 is 0. The Kier molecular flexibility index (Phi) is 7.13. The average Bonchev–Trinajstić information content (AvgIpc) is 3.14. The molecule has 8 aromatic carbocycles. The van der Waals surface area contributed by atoms with Crippen molar-refractivity contribution in [1.29, 1.82) is 0 Å². The number of aryl methyl sites for hydroxylation is 2. The van der Waals surface area contributed by atoms with Gasteiger partial charge in [-0.25, -0.2) is 0 Å². The fourth-order valence-corrected chi connectivity index (χ4v) is 8.11. The predicted octanol–water partition coefficient (Wildman–Crippen LogP) is 13.3. The first-order chi connectivity index (χ1) is 24.1. The topological polar surface area (TPSA) is 3.24 Å². The molecular weight excluding hydrogens is 591 g/mol. The molecule has 1 unspecified atom stereocenters. The van der Waals surface area contributed by atoms with Crippen LogP contribution in [0.5, 0.6) is 0 Å². The van der Waals surface area contributed by atoms with Crippen molar-refractivity contribution in [3.8, 4) is 11.1 Å². The van der Waals surface area contributed by atoms with E-state index in [9.17, 15) is 0 Å². The normalized spacial score (nSPS) is 14.5. The van der Waals surface area contributed by atoms with E-state index in [2.05, 4.69) is 189 Å². The molecule has 0 bridgehead atoms. The lowest BCUT2D eigenvalue weighted by atomic mass is 9.83. The van der Waals surface area contributed by atoms with Crippen molar-refractivity contribution < 1.29 is 0 Å². The third-order valence-electron chi connectivity index (χ3n) is 10.2. The van der Waals surface area contributed by atoms with E-state index in [1.807, 2.05) is 0 Å². The highest BCUT2D eigenvalue weighted by Crippen LogP contribution is 2.44. The molecule has 0 radical (unpaired) electrons. The summed E-state index contributed by atoms with van der Waals surface area (Å²) in [5.74, 6) is 0.266. The minimum Gasteiger partial charge on any atom is -0.311 e. The van der Waals surface area contributed by atoms with E-state index in [4.69, 9.17) is 0 Å². The molecule has 8 aromatic rings. The zero-order chi connectivity index (χ0) is 32.9. The number of para-hydroxylation sites is 1. The number of allylic oxidation sites excluding steroid dienone is 3. The maximum absolute atomic E-state index is 2.48. The molecule has 1 aliphatic carbocycles. The van der Waals surface area contributed by atoms with Gasteiger partial charge in [0.05, 0.1) is 0 Å². The largest absolute Gasteiger partial charge is 0.311 e. The maximum Gasteiger partial charge on any atom is 0.0466 e. The first-order valence-corrected chi connectivity index (χ1v) is 17.3. The Labute approximate surface area is 288 Å². The van der Waals surface area contributed by atoms with E-state index in [1.54, 1.807) is 0 Å². The number of nitrogens with zero attached hydrogens (tertiary/aromatic N) is 1. The van der Waals surface area contributed by atoms with Gasteiger partial charge in [0.15, 0.2) is 0 Å². The molecule has 1 heteroatoms. The van der Waals surface area contributed by atoms with Crippen molar-refractivity contribution in [2.24, 2.45) is 0 Å². The summed E-state index contributed by atoms with van der Waals surface area (Å²) in [5.41, 5.74) is 10.1. The van der Waals surface area contributed by atoms with Crippen LogP contribution < -0.4 is 4.90 Å². The molecule has 0 saturated heterocycles. The summed E-state index contributed by atoms with van der Waals surface area (Å²) in [6.07, 6.45) is 8.11. The molecule has 0 spiro atoms. The number of hydrogen-bond acceptors (Lipinski definition) is 1. The van der Waals surface area contributed by atoms with Crippen LogP contribution in [0, 0.1) is 13.8 Å². The van der Waals surface area contributed by atoms with Gasteiger partial charge >= 0.3 is 0 Å². The Hall–Kier alpha value is -5.92. The molecule has 0 aromatic heterocycles. The van der Waals surface area contributed by atoms with Gasteiger partial charge in [-0.15, -0.1) is 0 Å². The van der Waals surface area contributed by atoms with Gasteiger partial charge in [-0.05, 0) is 134 Å². The highest BCUT2D eigenvalue weighted by atomic mass is 15.1. The average molecular weight is 628 g/mol. The van der Waals surface area contributed by atoms with E-state index in [-0.39, 0.29) is 5.92 Å². The van der Waals surface area contributed by atoms with Gasteiger partial charge < -0.3 is 4.90 Å². The standard InChI is InChI=1S/C48H37N/c1-32-27-33(2)29-39(28-32)49(37-15-4-3-5-16-37)38-25-23-35(24-26-38)46-30-36-31-47(41-22-12-14-34-13-6-7-17-40(34)41)43-19-9-11-21-45(43)48(36)44-20-10-8-18-42(44)46/h3-23,25-31,35H,24H2,1-2H3. The summed E-state index contributed by atoms with van der Waals surface area (Å²) in [6, 6.07) is 55.9. The number of fused-ring (bicyclic) bond motifs is 6. The van der Waals surface area contributed by atoms with E-state index in [0.717, 1.165) is 6.42 Å². The van der Waals surface area contributed by atoms with Crippen molar-refractivity contribution in [1.82, 2.24) is 0 Å². The lowest BCUT2D eigenvalue weighted by Gasteiger charge is -2.30. The number of hydrogen-bond donors (Lipinski definition) is 0. The highest BCUT2D eigenvalue weighted by Gasteiger charge is 2.22. The smallest absolute Gasteiger partial charge is 0.0466 e. The third-order valence-corrected chi connectivity index (χ3v) is 10.2. The van der Waals surface area contributed by atoms with E-state index < -0.39 is 0 Å². The lowest BCUT2D eigenvalue weighted by Crippen LogP contribution is -2.17. The van der Waals surface area contributed by atoms with Gasteiger partial charge in [0.25, 0.3) is 0 Å². The Morgan fingerprint density at radius 1 is 0.490 bits per heavy atom. The molecule has 0 N–H and O–H groups in total. The van der Waals surface area contributed by atoms with Crippen LogP contribution in [0.2, 0.25) is 0 Å². The monoisotopic (exact) mass is 627 g/mol. The van der Waals surface area contributed by atoms with Crippen molar-refractivity contribution in [3.05, 3.63) is 192 Å². The molecule has 49 heavy (non-hydrogen) atoms. The minimum absolute atomic E-state index is 0.266. The summed E-state index contributed by atoms with van der Waals surface area (Å²) < 4.78 is 0. The van der Waals surface area contributed by atoms with Gasteiger partial charge in [0.1, 0.15) is 0 Å². The van der Waals surface area contributed by atoms with Crippen LogP contribution in [0.1, 0.15) is 29.0 Å². The van der Waals surface area contributed by atoms with Crippen LogP contribution in [-0.2, 0) is 0 Å². The van der Waals surface area contributed by atoms with Gasteiger partial charge in [-0.3, -0.25) is 0 Å². The first-order valence-electron chi connectivity index (χ1n) is 17.3. The van der Waals surface area contributed by atoms with E-state index in [0.29, 0.717) is 0 Å². The van der Waals surface area contributed by atoms with Crippen LogP contribution in [-0.4, -0.2) is 0 Å². The fourth-order valence-electron chi connectivity index (χ4n) is 8.11. The summed E-state index contributed by atoms with van der Waals surface area (Å²) in [5, 5.41) is 10.4. The Balaban J connectivity index is 1.20. The number of rotatable bonds is 5. The zero-order valence-corrected chi connectivity index (χ0v) is 27.9. The quantitative estimate of drug-likeness (QED) is 0.172. The van der Waals surface area contributed by atoms with Crippen molar-refractivity contribution in [2.75, 3.05) is 4.90 Å². The maximum atomic E-state index is 2.48. The zero-order valence-electron chi connectivity index (χ0n) is 27.9. The predicted molar refractivity (Wildman–Crippen MR) is 211 cm³/mol. The Morgan fingerprint density at radius 3 is 1.86 bits per heavy atom. The highest BCUT2D eigenvalue weighted by molar-refractivity contribution is 6.24. The molecule has 9 rings (SSSR count). The third kappa shape index (κ3) is 5.10. The van der Waals surface area contributed by atoms with Gasteiger partial charge in [0, 0.05) is 23.0 Å². The minimum atomic E-state index is 0.266. The fraction of sp³-hybridized carbons (Fsp3) is 0.0833. The van der Waals surface area contributed by atoms with Crippen molar-refractivity contribution in [3.63, 3.8) is 0 Å². The molecular formula is C48H37N. The second-order valence-corrected chi connectivity index (χ2v) is 13.5. The second-order valence-electron chi connectivity index (χ2n) is 13.5. The number of benzene rings is 8.